The van der Waals surface area contributed by atoms with Crippen LogP contribution in [0.3, 0.4) is 0 Å². The Bertz CT molecular complexity index is 290. The van der Waals surface area contributed by atoms with Crippen molar-refractivity contribution in [3.63, 3.8) is 0 Å². The third-order valence-corrected chi connectivity index (χ3v) is 5.27. The lowest BCUT2D eigenvalue weighted by Crippen LogP contribution is -2.39. The van der Waals surface area contributed by atoms with E-state index in [9.17, 15) is 8.42 Å². The predicted molar refractivity (Wildman–Crippen MR) is 66.7 cm³/mol. The maximum atomic E-state index is 12.1. The van der Waals surface area contributed by atoms with Crippen LogP contribution in [0.5, 0.6) is 0 Å². The van der Waals surface area contributed by atoms with E-state index in [1.54, 1.807) is 4.31 Å². The molecule has 0 radical (unpaired) electrons. The number of hydrogen-bond donors (Lipinski definition) is 1. The summed E-state index contributed by atoms with van der Waals surface area (Å²) in [5.41, 5.74) is 5.38. The first kappa shape index (κ1) is 13.9. The van der Waals surface area contributed by atoms with Crippen LogP contribution in [0.4, 0.5) is 0 Å². The van der Waals surface area contributed by atoms with Gasteiger partial charge in [-0.15, -0.1) is 0 Å². The molecule has 1 aliphatic heterocycles. The number of sulfonamides is 1. The van der Waals surface area contributed by atoms with Crippen molar-refractivity contribution in [2.24, 2.45) is 5.73 Å². The summed E-state index contributed by atoms with van der Waals surface area (Å²) in [6.07, 6.45) is 5.77. The molecule has 0 aromatic heterocycles. The predicted octanol–water partition coefficient (Wildman–Crippen LogP) is 1.32. The summed E-state index contributed by atoms with van der Waals surface area (Å²) in [4.78, 5) is 0. The molecule has 5 heteroatoms. The van der Waals surface area contributed by atoms with Gasteiger partial charge in [-0.25, -0.2) is 8.42 Å². The second-order valence-corrected chi connectivity index (χ2v) is 6.66. The largest absolute Gasteiger partial charge is 0.330 e. The number of rotatable bonds is 5. The molecule has 1 heterocycles. The summed E-state index contributed by atoms with van der Waals surface area (Å²) in [6, 6.07) is 0.172. The SMILES string of the molecule is CC1CCCCCN1S(=O)(=O)CCCCN. The minimum Gasteiger partial charge on any atom is -0.330 e. The van der Waals surface area contributed by atoms with E-state index in [0.717, 1.165) is 32.1 Å². The van der Waals surface area contributed by atoms with Gasteiger partial charge >= 0.3 is 0 Å². The molecule has 0 saturated carbocycles. The van der Waals surface area contributed by atoms with Crippen LogP contribution in [0.15, 0.2) is 0 Å². The summed E-state index contributed by atoms with van der Waals surface area (Å²) < 4.78 is 25.9. The highest BCUT2D eigenvalue weighted by molar-refractivity contribution is 7.89. The average Bonchev–Trinajstić information content (AvgIpc) is 2.43. The molecule has 1 aliphatic rings. The van der Waals surface area contributed by atoms with E-state index in [1.807, 2.05) is 6.92 Å². The van der Waals surface area contributed by atoms with Crippen LogP contribution in [0, 0.1) is 0 Å². The Hall–Kier alpha value is -0.130. The molecule has 96 valence electrons. The van der Waals surface area contributed by atoms with E-state index in [2.05, 4.69) is 0 Å². The van der Waals surface area contributed by atoms with E-state index in [0.29, 0.717) is 19.5 Å². The summed E-state index contributed by atoms with van der Waals surface area (Å²) >= 11 is 0. The van der Waals surface area contributed by atoms with Crippen LogP contribution in [0.1, 0.15) is 45.4 Å². The third-order valence-electron chi connectivity index (χ3n) is 3.21. The van der Waals surface area contributed by atoms with Gasteiger partial charge in [0.1, 0.15) is 0 Å². The highest BCUT2D eigenvalue weighted by Gasteiger charge is 2.27. The van der Waals surface area contributed by atoms with Crippen LogP contribution in [0.25, 0.3) is 0 Å². The van der Waals surface area contributed by atoms with Gasteiger partial charge < -0.3 is 5.73 Å². The normalized spacial score (nSPS) is 24.2. The van der Waals surface area contributed by atoms with Gasteiger partial charge in [-0.05, 0) is 39.2 Å². The van der Waals surface area contributed by atoms with Crippen molar-refractivity contribution in [2.45, 2.75) is 51.5 Å². The summed E-state index contributed by atoms with van der Waals surface area (Å²) in [6.45, 7) is 3.29. The molecule has 0 spiro atoms. The molecule has 1 fully saturated rings. The summed E-state index contributed by atoms with van der Waals surface area (Å²) in [5, 5.41) is 0. The Labute approximate surface area is 99.2 Å². The van der Waals surface area contributed by atoms with Crippen molar-refractivity contribution in [3.05, 3.63) is 0 Å². The highest BCUT2D eigenvalue weighted by atomic mass is 32.2. The maximum absolute atomic E-state index is 12.1. The standard InChI is InChI=1S/C11H24N2O2S/c1-11-7-3-2-5-9-13(11)16(14,15)10-6-4-8-12/h11H,2-10,12H2,1H3. The molecule has 1 atom stereocenters. The van der Waals surface area contributed by atoms with Crippen molar-refractivity contribution >= 4 is 10.0 Å². The molecule has 0 aliphatic carbocycles. The monoisotopic (exact) mass is 248 g/mol. The van der Waals surface area contributed by atoms with Gasteiger partial charge in [0.2, 0.25) is 10.0 Å². The van der Waals surface area contributed by atoms with Crippen molar-refractivity contribution < 1.29 is 8.42 Å². The van der Waals surface area contributed by atoms with Crippen LogP contribution in [-0.2, 0) is 10.0 Å². The van der Waals surface area contributed by atoms with E-state index in [4.69, 9.17) is 5.73 Å². The number of nitrogens with zero attached hydrogens (tertiary/aromatic N) is 1. The molecule has 4 nitrogen and oxygen atoms in total. The van der Waals surface area contributed by atoms with Crippen molar-refractivity contribution in [1.82, 2.24) is 4.31 Å². The number of unbranched alkanes of at least 4 members (excludes halogenated alkanes) is 1. The molecule has 0 aromatic rings. The Kier molecular flexibility index (Phi) is 5.72. The molecule has 1 saturated heterocycles. The van der Waals surface area contributed by atoms with Gasteiger partial charge in [-0.3, -0.25) is 0 Å². The van der Waals surface area contributed by atoms with E-state index in [-0.39, 0.29) is 11.8 Å². The van der Waals surface area contributed by atoms with Crippen LogP contribution >= 0.6 is 0 Å². The lowest BCUT2D eigenvalue weighted by molar-refractivity contribution is 0.341. The van der Waals surface area contributed by atoms with E-state index >= 15 is 0 Å². The third kappa shape index (κ3) is 4.03. The molecular weight excluding hydrogens is 224 g/mol. The van der Waals surface area contributed by atoms with Crippen LogP contribution < -0.4 is 5.73 Å². The number of nitrogens with two attached hydrogens (primary N) is 1. The molecule has 0 aromatic carbocycles. The Morgan fingerprint density at radius 1 is 1.25 bits per heavy atom. The summed E-state index contributed by atoms with van der Waals surface area (Å²) in [5.74, 6) is 0.258. The smallest absolute Gasteiger partial charge is 0.214 e. The lowest BCUT2D eigenvalue weighted by atomic mass is 10.1. The van der Waals surface area contributed by atoms with Crippen LogP contribution in [0.2, 0.25) is 0 Å². The fraction of sp³-hybridized carbons (Fsp3) is 1.00. The quantitative estimate of drug-likeness (QED) is 0.746. The fourth-order valence-corrected chi connectivity index (χ4v) is 4.07. The van der Waals surface area contributed by atoms with Crippen molar-refractivity contribution in [1.29, 1.82) is 0 Å². The minimum atomic E-state index is -3.05. The molecule has 16 heavy (non-hydrogen) atoms. The lowest BCUT2D eigenvalue weighted by Gasteiger charge is -2.26. The summed E-state index contributed by atoms with van der Waals surface area (Å²) in [7, 11) is -3.05. The Morgan fingerprint density at radius 3 is 2.69 bits per heavy atom. The second kappa shape index (κ2) is 6.57. The highest BCUT2D eigenvalue weighted by Crippen LogP contribution is 2.20. The Morgan fingerprint density at radius 2 is 2.00 bits per heavy atom. The maximum Gasteiger partial charge on any atom is 0.214 e. The van der Waals surface area contributed by atoms with Gasteiger partial charge in [0.25, 0.3) is 0 Å². The zero-order valence-corrected chi connectivity index (χ0v) is 11.0. The molecule has 2 N–H and O–H groups in total. The zero-order valence-electron chi connectivity index (χ0n) is 10.2. The molecule has 1 rings (SSSR count). The molecule has 0 bridgehead atoms. The van der Waals surface area contributed by atoms with Gasteiger partial charge in [0.15, 0.2) is 0 Å². The number of hydrogen-bond acceptors (Lipinski definition) is 3. The van der Waals surface area contributed by atoms with Crippen molar-refractivity contribution in [2.75, 3.05) is 18.8 Å². The topological polar surface area (TPSA) is 63.4 Å². The van der Waals surface area contributed by atoms with E-state index in [1.165, 1.54) is 0 Å². The Balaban J connectivity index is 2.57. The first-order valence-electron chi connectivity index (χ1n) is 6.27. The fourth-order valence-electron chi connectivity index (χ4n) is 2.21. The zero-order chi connectivity index (χ0) is 12.0. The molecule has 0 amide bonds. The van der Waals surface area contributed by atoms with Gasteiger partial charge in [0.05, 0.1) is 5.75 Å². The molecule has 1 unspecified atom stereocenters. The molecular formula is C11H24N2O2S. The first-order chi connectivity index (χ1) is 7.58. The van der Waals surface area contributed by atoms with Gasteiger partial charge in [-0.1, -0.05) is 12.8 Å². The first-order valence-corrected chi connectivity index (χ1v) is 7.88. The van der Waals surface area contributed by atoms with Crippen molar-refractivity contribution in [3.8, 4) is 0 Å². The average molecular weight is 248 g/mol. The minimum absolute atomic E-state index is 0.172. The van der Waals surface area contributed by atoms with E-state index < -0.39 is 10.0 Å². The van der Waals surface area contributed by atoms with Gasteiger partial charge in [-0.2, -0.15) is 4.31 Å². The second-order valence-electron chi connectivity index (χ2n) is 4.62. The van der Waals surface area contributed by atoms with Gasteiger partial charge in [0, 0.05) is 12.6 Å². The van der Waals surface area contributed by atoms with Crippen LogP contribution in [-0.4, -0.2) is 37.6 Å².